The zero-order valence-corrected chi connectivity index (χ0v) is 28.7. The third kappa shape index (κ3) is 5.83. The van der Waals surface area contributed by atoms with E-state index in [4.69, 9.17) is 9.72 Å². The number of fused-ring (bicyclic) bond motifs is 2. The lowest BCUT2D eigenvalue weighted by Crippen LogP contribution is -2.54. The molecule has 4 aliphatic carbocycles. The van der Waals surface area contributed by atoms with Crippen molar-refractivity contribution in [3.63, 3.8) is 0 Å². The highest BCUT2D eigenvalue weighted by Crippen LogP contribution is 2.57. The van der Waals surface area contributed by atoms with Gasteiger partial charge in [-0.2, -0.15) is 10.2 Å². The van der Waals surface area contributed by atoms with E-state index in [9.17, 15) is 20.0 Å². The van der Waals surface area contributed by atoms with Crippen LogP contribution in [0.15, 0.2) is 72.8 Å². The number of benzene rings is 3. The second-order valence-electron chi connectivity index (χ2n) is 14.6. The molecule has 5 aliphatic rings. The fourth-order valence-electron chi connectivity index (χ4n) is 9.60. The van der Waals surface area contributed by atoms with Gasteiger partial charge >= 0.3 is 6.16 Å². The van der Waals surface area contributed by atoms with Gasteiger partial charge in [0.05, 0.1) is 21.5 Å². The number of hydrogen-bond acceptors (Lipinski definition) is 9. The minimum absolute atomic E-state index is 0.00380. The van der Waals surface area contributed by atoms with E-state index in [0.717, 1.165) is 64.0 Å². The van der Waals surface area contributed by atoms with Crippen LogP contribution in [-0.2, 0) is 13.0 Å². The highest BCUT2D eigenvalue weighted by Gasteiger charge is 2.51. The Morgan fingerprint density at radius 3 is 2.43 bits per heavy atom. The number of nitriles is 1. The molecule has 3 N–H and O–H groups in total. The fraction of sp³-hybridized carbons (Fsp3) is 0.325. The summed E-state index contributed by atoms with van der Waals surface area (Å²) in [5.74, 6) is 2.43. The first-order chi connectivity index (χ1) is 24.8. The van der Waals surface area contributed by atoms with E-state index in [2.05, 4.69) is 21.7 Å². The molecule has 0 atom stereocenters. The molecule has 3 aromatic carbocycles. The summed E-state index contributed by atoms with van der Waals surface area (Å²) in [5.41, 5.74) is 5.56. The average molecular weight is 697 g/mol. The molecule has 10 rings (SSSR count). The number of rotatable bonds is 7. The van der Waals surface area contributed by atoms with Gasteiger partial charge in [-0.05, 0) is 110 Å². The van der Waals surface area contributed by atoms with Crippen LogP contribution in [0.1, 0.15) is 65.6 Å². The van der Waals surface area contributed by atoms with Gasteiger partial charge in [-0.1, -0.05) is 47.7 Å². The van der Waals surface area contributed by atoms with Crippen LogP contribution in [0, 0.1) is 29.1 Å². The number of thiazole rings is 1. The second-order valence-corrected chi connectivity index (χ2v) is 15.6. The highest BCUT2D eigenvalue weighted by atomic mass is 32.1. The predicted octanol–water partition coefficient (Wildman–Crippen LogP) is 8.48. The smallest absolute Gasteiger partial charge is 0.449 e. The van der Waals surface area contributed by atoms with Crippen LogP contribution in [0.2, 0.25) is 0 Å². The van der Waals surface area contributed by atoms with Gasteiger partial charge < -0.3 is 20.1 Å². The van der Waals surface area contributed by atoms with E-state index in [0.29, 0.717) is 52.7 Å². The Balaban J connectivity index is 1.01. The predicted molar refractivity (Wildman–Crippen MR) is 196 cm³/mol. The van der Waals surface area contributed by atoms with Crippen LogP contribution in [0.4, 0.5) is 21.4 Å². The molecule has 1 aliphatic heterocycles. The Morgan fingerprint density at radius 1 is 0.922 bits per heavy atom. The molecule has 51 heavy (non-hydrogen) atoms. The third-order valence-electron chi connectivity index (χ3n) is 11.3. The van der Waals surface area contributed by atoms with E-state index >= 15 is 0 Å². The normalized spacial score (nSPS) is 23.0. The third-order valence-corrected chi connectivity index (χ3v) is 12.2. The van der Waals surface area contributed by atoms with E-state index in [1.807, 2.05) is 71.6 Å². The Kier molecular flexibility index (Phi) is 7.65. The minimum atomic E-state index is -1.49. The first-order valence-electron chi connectivity index (χ1n) is 17.6. The minimum Gasteiger partial charge on any atom is -0.449 e. The van der Waals surface area contributed by atoms with Gasteiger partial charge in [0.15, 0.2) is 5.13 Å². The summed E-state index contributed by atoms with van der Waals surface area (Å²) in [6.07, 6.45) is 6.53. The number of nitrogens with one attached hydrogen (secondary N) is 2. The Morgan fingerprint density at radius 2 is 1.69 bits per heavy atom. The maximum Gasteiger partial charge on any atom is 0.512 e. The number of pyridine rings is 1. The summed E-state index contributed by atoms with van der Waals surface area (Å²) in [5, 5.41) is 27.6. The Labute approximate surface area is 299 Å². The van der Waals surface area contributed by atoms with E-state index < -0.39 is 6.16 Å². The number of ether oxygens (including phenoxy) is 1. The van der Waals surface area contributed by atoms with Gasteiger partial charge in [0.25, 0.3) is 5.91 Å². The SMILES string of the molecule is N#Cc1c(NC23CC4CC(CC(C4)C2)C3)cccc1-c1ccc(N2CCc3cccc(C(=O)Nc4nc5ccccc5s4)c3C2)nc1OC(=O)O. The number of nitrogens with zero attached hydrogens (tertiary/aromatic N) is 4. The Bertz CT molecular complexity index is 2190. The van der Waals surface area contributed by atoms with Crippen molar-refractivity contribution in [2.45, 2.75) is 57.0 Å². The van der Waals surface area contributed by atoms with Crippen molar-refractivity contribution in [1.82, 2.24) is 9.97 Å². The lowest BCUT2D eigenvalue weighted by molar-refractivity contribution is 0.0107. The topological polar surface area (TPSA) is 140 Å². The van der Waals surface area contributed by atoms with Crippen LogP contribution in [0.25, 0.3) is 21.3 Å². The van der Waals surface area contributed by atoms with Gasteiger partial charge in [-0.15, -0.1) is 0 Å². The van der Waals surface area contributed by atoms with Crippen LogP contribution in [0.5, 0.6) is 5.88 Å². The number of carbonyl (C=O) groups is 2. The first kappa shape index (κ1) is 31.5. The van der Waals surface area contributed by atoms with Gasteiger partial charge in [-0.25, -0.2) is 9.78 Å². The molecule has 0 spiro atoms. The van der Waals surface area contributed by atoms with E-state index in [1.165, 1.54) is 30.6 Å². The molecule has 4 fully saturated rings. The molecule has 0 unspecified atom stereocenters. The van der Waals surface area contributed by atoms with Crippen molar-refractivity contribution in [3.05, 3.63) is 95.1 Å². The van der Waals surface area contributed by atoms with Crippen molar-refractivity contribution in [3.8, 4) is 23.1 Å². The van der Waals surface area contributed by atoms with Gasteiger partial charge in [0.1, 0.15) is 11.9 Å². The summed E-state index contributed by atoms with van der Waals surface area (Å²) in [6, 6.07) is 25.2. The van der Waals surface area contributed by atoms with Gasteiger partial charge in [-0.3, -0.25) is 10.1 Å². The molecular formula is C40H36N6O4S. The molecule has 0 saturated heterocycles. The molecule has 5 aromatic rings. The first-order valence-corrected chi connectivity index (χ1v) is 18.4. The average Bonchev–Trinajstić information content (AvgIpc) is 3.52. The second kappa shape index (κ2) is 12.4. The molecule has 10 nitrogen and oxygen atoms in total. The molecule has 4 bridgehead atoms. The summed E-state index contributed by atoms with van der Waals surface area (Å²) < 4.78 is 6.30. The van der Waals surface area contributed by atoms with Crippen LogP contribution >= 0.6 is 11.3 Å². The van der Waals surface area contributed by atoms with Gasteiger partial charge in [0.2, 0.25) is 5.88 Å². The molecule has 0 radical (unpaired) electrons. The molecule has 4 saturated carbocycles. The van der Waals surface area contributed by atoms with Crippen LogP contribution in [-0.4, -0.2) is 39.2 Å². The van der Waals surface area contributed by atoms with Crippen molar-refractivity contribution >= 4 is 50.3 Å². The lowest BCUT2D eigenvalue weighted by atomic mass is 9.53. The summed E-state index contributed by atoms with van der Waals surface area (Å²) >= 11 is 1.43. The molecule has 256 valence electrons. The summed E-state index contributed by atoms with van der Waals surface area (Å²) in [7, 11) is 0. The zero-order chi connectivity index (χ0) is 34.7. The lowest BCUT2D eigenvalue weighted by Gasteiger charge is -2.57. The molecule has 1 amide bonds. The van der Waals surface area contributed by atoms with E-state index in [-0.39, 0.29) is 17.3 Å². The number of anilines is 3. The van der Waals surface area contributed by atoms with Crippen LogP contribution < -0.4 is 20.3 Å². The fourth-order valence-corrected chi connectivity index (χ4v) is 10.5. The maximum absolute atomic E-state index is 13.6. The zero-order valence-electron chi connectivity index (χ0n) is 27.9. The largest absolute Gasteiger partial charge is 0.512 e. The Hall–Kier alpha value is -5.47. The monoisotopic (exact) mass is 696 g/mol. The van der Waals surface area contributed by atoms with Crippen molar-refractivity contribution in [1.29, 1.82) is 5.26 Å². The number of hydrogen-bond donors (Lipinski definition) is 3. The van der Waals surface area contributed by atoms with Crippen LogP contribution in [0.3, 0.4) is 0 Å². The molecule has 2 aromatic heterocycles. The number of para-hydroxylation sites is 1. The molecule has 3 heterocycles. The van der Waals surface area contributed by atoms with Gasteiger partial charge in [0, 0.05) is 35.3 Å². The van der Waals surface area contributed by atoms with E-state index in [1.54, 1.807) is 6.07 Å². The van der Waals surface area contributed by atoms with Crippen molar-refractivity contribution in [2.24, 2.45) is 17.8 Å². The number of carboxylic acid groups (broad SMARTS) is 1. The van der Waals surface area contributed by atoms with Crippen molar-refractivity contribution < 1.29 is 19.4 Å². The summed E-state index contributed by atoms with van der Waals surface area (Å²) in [6.45, 7) is 1.01. The summed E-state index contributed by atoms with van der Waals surface area (Å²) in [4.78, 5) is 36.8. The quantitative estimate of drug-likeness (QED) is 0.143. The number of amides is 1. The standard InChI is InChI=1S/C40H36N6O4S/c41-21-30-27(6-4-9-32(30)45-40-18-23-15-24(19-40)17-25(16-23)20-40)29-11-12-35(43-37(29)50-39(48)49)46-14-13-26-5-3-7-28(31(26)22-46)36(47)44-38-42-33-8-1-2-10-34(33)51-38/h1-12,23-25,45H,13-20,22H2,(H,48,49)(H,42,44,47). The van der Waals surface area contributed by atoms with Crippen molar-refractivity contribution in [2.75, 3.05) is 22.1 Å². The molecule has 11 heteroatoms. The maximum atomic E-state index is 13.6. The number of carbonyl (C=O) groups excluding carboxylic acids is 1. The number of aromatic nitrogens is 2. The molecular weight excluding hydrogens is 661 g/mol. The highest BCUT2D eigenvalue weighted by molar-refractivity contribution is 7.22.